The summed E-state index contributed by atoms with van der Waals surface area (Å²) >= 11 is 0. The van der Waals surface area contributed by atoms with Crippen molar-refractivity contribution in [2.45, 2.75) is 25.9 Å². The van der Waals surface area contributed by atoms with Gasteiger partial charge in [0, 0.05) is 7.11 Å². The molecule has 0 amide bonds. The first-order valence-electron chi connectivity index (χ1n) is 4.42. The van der Waals surface area contributed by atoms with E-state index in [1.54, 1.807) is 11.8 Å². The Hall–Kier alpha value is -0.940. The second-order valence-electron chi connectivity index (χ2n) is 2.91. The summed E-state index contributed by atoms with van der Waals surface area (Å²) in [6.45, 7) is 3.39. The van der Waals surface area contributed by atoms with Crippen LogP contribution < -0.4 is 5.73 Å². The van der Waals surface area contributed by atoms with E-state index in [0.717, 1.165) is 18.7 Å². The van der Waals surface area contributed by atoms with Crippen molar-refractivity contribution >= 4 is 0 Å². The quantitative estimate of drug-likeness (QED) is 0.716. The van der Waals surface area contributed by atoms with Gasteiger partial charge in [-0.2, -0.15) is 0 Å². The van der Waals surface area contributed by atoms with Crippen molar-refractivity contribution in [3.8, 4) is 0 Å². The lowest BCUT2D eigenvalue weighted by atomic mass is 10.2. The van der Waals surface area contributed by atoms with E-state index in [-0.39, 0.29) is 6.04 Å². The fraction of sp³-hybridized carbons (Fsp3) is 0.750. The smallest absolute Gasteiger partial charge is 0.0994 e. The van der Waals surface area contributed by atoms with Crippen LogP contribution in [0.25, 0.3) is 0 Å². The largest absolute Gasteiger partial charge is 0.383 e. The van der Waals surface area contributed by atoms with Crippen molar-refractivity contribution in [3.05, 3.63) is 11.9 Å². The van der Waals surface area contributed by atoms with Gasteiger partial charge in [0.2, 0.25) is 0 Å². The number of rotatable bonds is 5. The van der Waals surface area contributed by atoms with Gasteiger partial charge in [-0.25, -0.2) is 4.68 Å². The molecule has 5 heteroatoms. The van der Waals surface area contributed by atoms with E-state index in [4.69, 9.17) is 10.5 Å². The van der Waals surface area contributed by atoms with Crippen molar-refractivity contribution in [2.24, 2.45) is 5.73 Å². The fourth-order valence-corrected chi connectivity index (χ4v) is 0.987. The summed E-state index contributed by atoms with van der Waals surface area (Å²) in [6, 6.07) is -0.00343. The second-order valence-corrected chi connectivity index (χ2v) is 2.91. The molecule has 13 heavy (non-hydrogen) atoms. The zero-order chi connectivity index (χ0) is 9.68. The molecule has 0 aliphatic carbocycles. The maximum Gasteiger partial charge on any atom is 0.0994 e. The molecule has 0 saturated heterocycles. The van der Waals surface area contributed by atoms with Crippen molar-refractivity contribution in [3.63, 3.8) is 0 Å². The van der Waals surface area contributed by atoms with Gasteiger partial charge >= 0.3 is 0 Å². The fourth-order valence-electron chi connectivity index (χ4n) is 0.987. The number of aromatic nitrogens is 3. The van der Waals surface area contributed by atoms with Crippen LogP contribution in [0.15, 0.2) is 6.20 Å². The van der Waals surface area contributed by atoms with Crippen molar-refractivity contribution in [2.75, 3.05) is 13.7 Å². The average molecular weight is 184 g/mol. The number of ether oxygens (including phenoxy) is 1. The predicted molar refractivity (Wildman–Crippen MR) is 49.1 cm³/mol. The molecular formula is C8H16N4O. The average Bonchev–Trinajstić information content (AvgIpc) is 2.62. The molecule has 0 aliphatic rings. The van der Waals surface area contributed by atoms with E-state index < -0.39 is 0 Å². The van der Waals surface area contributed by atoms with Gasteiger partial charge in [0.25, 0.3) is 0 Å². The molecule has 0 fully saturated rings. The van der Waals surface area contributed by atoms with Crippen LogP contribution in [0.2, 0.25) is 0 Å². The number of nitrogens with zero attached hydrogens (tertiary/aromatic N) is 3. The van der Waals surface area contributed by atoms with Crippen LogP contribution in [0.1, 0.15) is 25.1 Å². The standard InChI is InChI=1S/C8H16N4O/c1-3-7(9)8-6-12(11-10-8)4-5-13-2/h6-7H,3-5,9H2,1-2H3. The first kappa shape index (κ1) is 10.1. The molecule has 0 aromatic carbocycles. The summed E-state index contributed by atoms with van der Waals surface area (Å²) < 4.78 is 6.67. The summed E-state index contributed by atoms with van der Waals surface area (Å²) in [6.07, 6.45) is 2.75. The topological polar surface area (TPSA) is 66.0 Å². The Labute approximate surface area is 77.9 Å². The van der Waals surface area contributed by atoms with Gasteiger partial charge in [-0.15, -0.1) is 5.10 Å². The summed E-state index contributed by atoms with van der Waals surface area (Å²) in [5, 5.41) is 7.90. The minimum atomic E-state index is -0.00343. The zero-order valence-electron chi connectivity index (χ0n) is 8.10. The van der Waals surface area contributed by atoms with Crippen molar-refractivity contribution in [1.82, 2.24) is 15.0 Å². The van der Waals surface area contributed by atoms with Gasteiger partial charge in [0.1, 0.15) is 0 Å². The molecule has 1 unspecified atom stereocenters. The van der Waals surface area contributed by atoms with E-state index in [1.807, 2.05) is 13.1 Å². The molecule has 74 valence electrons. The van der Waals surface area contributed by atoms with Gasteiger partial charge in [0.05, 0.1) is 31.1 Å². The van der Waals surface area contributed by atoms with Crippen molar-refractivity contribution in [1.29, 1.82) is 0 Å². The van der Waals surface area contributed by atoms with E-state index in [2.05, 4.69) is 10.3 Å². The minimum absolute atomic E-state index is 0.00343. The third-order valence-electron chi connectivity index (χ3n) is 1.90. The molecule has 1 atom stereocenters. The van der Waals surface area contributed by atoms with Gasteiger partial charge < -0.3 is 10.5 Å². The molecule has 0 bridgehead atoms. The van der Waals surface area contributed by atoms with Gasteiger partial charge in [-0.3, -0.25) is 0 Å². The maximum absolute atomic E-state index is 5.79. The van der Waals surface area contributed by atoms with Crippen LogP contribution in [0.5, 0.6) is 0 Å². The third kappa shape index (κ3) is 2.78. The molecular weight excluding hydrogens is 168 g/mol. The van der Waals surface area contributed by atoms with Crippen LogP contribution >= 0.6 is 0 Å². The molecule has 1 aromatic rings. The molecule has 1 rings (SSSR count). The number of hydrogen-bond donors (Lipinski definition) is 1. The lowest BCUT2D eigenvalue weighted by Crippen LogP contribution is -2.09. The van der Waals surface area contributed by atoms with Gasteiger partial charge in [0.15, 0.2) is 0 Å². The highest BCUT2D eigenvalue weighted by Crippen LogP contribution is 2.08. The number of methoxy groups -OCH3 is 1. The minimum Gasteiger partial charge on any atom is -0.383 e. The Bertz CT molecular complexity index is 248. The Kier molecular flexibility index (Phi) is 3.85. The van der Waals surface area contributed by atoms with E-state index >= 15 is 0 Å². The summed E-state index contributed by atoms with van der Waals surface area (Å²) in [7, 11) is 1.66. The molecule has 0 radical (unpaired) electrons. The molecule has 1 aromatic heterocycles. The SMILES string of the molecule is CCC(N)c1cn(CCOC)nn1. The van der Waals surface area contributed by atoms with Crippen LogP contribution in [0.4, 0.5) is 0 Å². The number of hydrogen-bond acceptors (Lipinski definition) is 4. The highest BCUT2D eigenvalue weighted by Gasteiger charge is 2.07. The highest BCUT2D eigenvalue weighted by atomic mass is 16.5. The van der Waals surface area contributed by atoms with Crippen LogP contribution in [-0.2, 0) is 11.3 Å². The van der Waals surface area contributed by atoms with Crippen LogP contribution in [0.3, 0.4) is 0 Å². The Morgan fingerprint density at radius 2 is 2.46 bits per heavy atom. The molecule has 0 spiro atoms. The first-order valence-corrected chi connectivity index (χ1v) is 4.42. The summed E-state index contributed by atoms with van der Waals surface area (Å²) in [5.41, 5.74) is 6.64. The van der Waals surface area contributed by atoms with Crippen LogP contribution in [-0.4, -0.2) is 28.7 Å². The first-order chi connectivity index (χ1) is 6.27. The zero-order valence-corrected chi connectivity index (χ0v) is 8.10. The van der Waals surface area contributed by atoms with E-state index in [0.29, 0.717) is 6.61 Å². The molecule has 1 heterocycles. The Morgan fingerprint density at radius 1 is 1.69 bits per heavy atom. The lowest BCUT2D eigenvalue weighted by Gasteiger charge is -2.01. The van der Waals surface area contributed by atoms with E-state index in [9.17, 15) is 0 Å². The second kappa shape index (κ2) is 4.94. The van der Waals surface area contributed by atoms with Gasteiger partial charge in [-0.05, 0) is 6.42 Å². The van der Waals surface area contributed by atoms with E-state index in [1.165, 1.54) is 0 Å². The summed E-state index contributed by atoms with van der Waals surface area (Å²) in [5.74, 6) is 0. The van der Waals surface area contributed by atoms with Crippen molar-refractivity contribution < 1.29 is 4.74 Å². The van der Waals surface area contributed by atoms with Crippen LogP contribution in [0, 0.1) is 0 Å². The third-order valence-corrected chi connectivity index (χ3v) is 1.90. The number of nitrogens with two attached hydrogens (primary N) is 1. The monoisotopic (exact) mass is 184 g/mol. The Morgan fingerprint density at radius 3 is 3.08 bits per heavy atom. The maximum atomic E-state index is 5.79. The Balaban J connectivity index is 2.53. The molecule has 0 aliphatic heterocycles. The van der Waals surface area contributed by atoms with Gasteiger partial charge in [-0.1, -0.05) is 12.1 Å². The molecule has 2 N–H and O–H groups in total. The molecule has 5 nitrogen and oxygen atoms in total. The predicted octanol–water partition coefficient (Wildman–Crippen LogP) is 0.334. The highest BCUT2D eigenvalue weighted by molar-refractivity contribution is 4.98. The lowest BCUT2D eigenvalue weighted by molar-refractivity contribution is 0.183. The molecule has 0 saturated carbocycles. The normalized spacial score (nSPS) is 13.2. The summed E-state index contributed by atoms with van der Waals surface area (Å²) in [4.78, 5) is 0.